The Bertz CT molecular complexity index is 648. The molecule has 2 atom stereocenters. The second-order valence-corrected chi connectivity index (χ2v) is 6.51. The minimum Gasteiger partial charge on any atom is -0.481 e. The molecule has 1 saturated heterocycles. The lowest BCUT2D eigenvalue weighted by Crippen LogP contribution is -2.40. The van der Waals surface area contributed by atoms with Gasteiger partial charge < -0.3 is 24.9 Å². The van der Waals surface area contributed by atoms with Gasteiger partial charge in [0.2, 0.25) is 5.60 Å². The summed E-state index contributed by atoms with van der Waals surface area (Å²) in [4.78, 5) is 64.3. The molecule has 0 aromatic heterocycles. The predicted molar refractivity (Wildman–Crippen MR) is 117 cm³/mol. The number of rotatable bonds is 9. The van der Waals surface area contributed by atoms with Crippen LogP contribution in [0.15, 0.2) is 0 Å². The number of aliphatic hydroxyl groups is 1. The molecule has 0 unspecified atom stereocenters. The molecule has 3 N–H and O–H groups in total. The van der Waals surface area contributed by atoms with E-state index in [4.69, 9.17) is 10.2 Å². The van der Waals surface area contributed by atoms with Gasteiger partial charge in [0.05, 0.1) is 6.42 Å². The number of carbonyl (C=O) groups is 6. The van der Waals surface area contributed by atoms with Crippen LogP contribution >= 0.6 is 37.2 Å². The van der Waals surface area contributed by atoms with Gasteiger partial charge in [-0.05, 0) is 27.2 Å². The molecule has 12 heteroatoms. The third-order valence-electron chi connectivity index (χ3n) is 3.96. The highest BCUT2D eigenvalue weighted by atomic mass is 128. The zero-order valence-electron chi connectivity index (χ0n) is 16.2. The fourth-order valence-corrected chi connectivity index (χ4v) is 2.40. The van der Waals surface area contributed by atoms with E-state index in [2.05, 4.69) is 42.0 Å². The first kappa shape index (κ1) is 30.0. The van der Waals surface area contributed by atoms with Crippen LogP contribution < -0.4 is 0 Å². The van der Waals surface area contributed by atoms with Crippen molar-refractivity contribution in [3.63, 3.8) is 0 Å². The number of hydrogen-bond acceptors (Lipinski definition) is 8. The Labute approximate surface area is 191 Å². The van der Waals surface area contributed by atoms with Gasteiger partial charge in [0.25, 0.3) is 0 Å². The third kappa shape index (κ3) is 11.6. The molecule has 1 aliphatic rings. The van der Waals surface area contributed by atoms with Gasteiger partial charge in [0, 0.05) is 62.9 Å². The van der Waals surface area contributed by atoms with Crippen LogP contribution in [0.2, 0.25) is 0 Å². The molecule has 0 radical (unpaired) electrons. The summed E-state index contributed by atoms with van der Waals surface area (Å²) < 4.78 is 4.50. The maximum absolute atomic E-state index is 11.1. The standard InChI is InChI=1S/C10H16O4.C7H8O6.I2/c1-7(11)4-5-10(14,9(3)13)6-8(2)12;8-4(9)3-7(6(11)12)2-1-5(10)13-7;1-2/h14H,4-6H2,1-3H3;1-3H2,(H,8,9)(H,11,12);/t10-;7-;/m11./s1. The largest absolute Gasteiger partial charge is 0.481 e. The number of ether oxygens (including phenoxy) is 1. The van der Waals surface area contributed by atoms with Crippen molar-refractivity contribution in [1.82, 2.24) is 0 Å². The molecular weight excluding hydrogens is 618 g/mol. The molecule has 0 aromatic rings. The molecule has 1 aliphatic heterocycles. The van der Waals surface area contributed by atoms with Crippen molar-refractivity contribution >= 4 is 72.5 Å². The number of cyclic esters (lactones) is 1. The second-order valence-electron chi connectivity index (χ2n) is 6.51. The molecule has 0 bridgehead atoms. The maximum Gasteiger partial charge on any atom is 0.348 e. The van der Waals surface area contributed by atoms with Crippen molar-refractivity contribution in [2.45, 2.75) is 70.5 Å². The van der Waals surface area contributed by atoms with Crippen molar-refractivity contribution in [2.75, 3.05) is 0 Å². The molecule has 1 heterocycles. The molecule has 166 valence electrons. The van der Waals surface area contributed by atoms with Crippen molar-refractivity contribution in [3.8, 4) is 0 Å². The van der Waals surface area contributed by atoms with E-state index in [9.17, 15) is 33.9 Å². The van der Waals surface area contributed by atoms with Crippen LogP contribution in [0.25, 0.3) is 0 Å². The summed E-state index contributed by atoms with van der Waals surface area (Å²) in [6, 6.07) is 0. The van der Waals surface area contributed by atoms with E-state index in [0.29, 0.717) is 0 Å². The van der Waals surface area contributed by atoms with Crippen LogP contribution in [0.1, 0.15) is 59.3 Å². The topological polar surface area (TPSA) is 172 Å². The lowest BCUT2D eigenvalue weighted by Gasteiger charge is -2.23. The van der Waals surface area contributed by atoms with Crippen LogP contribution in [-0.2, 0) is 33.5 Å². The van der Waals surface area contributed by atoms with E-state index in [-0.39, 0.29) is 43.7 Å². The molecule has 0 amide bonds. The number of carboxylic acids is 2. The minimum absolute atomic E-state index is 0.0250. The highest BCUT2D eigenvalue weighted by Crippen LogP contribution is 2.30. The Balaban J connectivity index is 0. The molecule has 29 heavy (non-hydrogen) atoms. The Morgan fingerprint density at radius 1 is 1.07 bits per heavy atom. The first-order valence-corrected chi connectivity index (χ1v) is 14.6. The fourth-order valence-electron chi connectivity index (χ4n) is 2.40. The normalized spacial score (nSPS) is 19.3. The molecule has 0 spiro atoms. The summed E-state index contributed by atoms with van der Waals surface area (Å²) in [5.74, 6) is -4.19. The van der Waals surface area contributed by atoms with E-state index < -0.39 is 41.3 Å². The zero-order valence-corrected chi connectivity index (χ0v) is 20.5. The second kappa shape index (κ2) is 14.0. The lowest BCUT2D eigenvalue weighted by molar-refractivity contribution is -0.173. The van der Waals surface area contributed by atoms with Gasteiger partial charge in [0.1, 0.15) is 17.2 Å². The Hall–Kier alpha value is -1.16. The zero-order chi connectivity index (χ0) is 23.4. The van der Waals surface area contributed by atoms with Crippen molar-refractivity contribution in [3.05, 3.63) is 0 Å². The maximum atomic E-state index is 11.1. The number of carboxylic acid groups (broad SMARTS) is 2. The summed E-state index contributed by atoms with van der Waals surface area (Å²) >= 11 is 4.24. The van der Waals surface area contributed by atoms with Gasteiger partial charge in [-0.1, -0.05) is 0 Å². The monoisotopic (exact) mass is 642 g/mol. The Morgan fingerprint density at radius 2 is 1.59 bits per heavy atom. The van der Waals surface area contributed by atoms with Crippen LogP contribution in [0.4, 0.5) is 0 Å². The molecule has 1 fully saturated rings. The fraction of sp³-hybridized carbons (Fsp3) is 0.647. The molecule has 10 nitrogen and oxygen atoms in total. The number of hydrogen-bond donors (Lipinski definition) is 3. The SMILES string of the molecule is CC(=O)CC[C@@](O)(CC(C)=O)C(C)=O.II.O=C(O)C[C@@]1(C(=O)O)CCC(=O)O1. The molecule has 0 aliphatic carbocycles. The summed E-state index contributed by atoms with van der Waals surface area (Å²) in [5, 5.41) is 26.9. The van der Waals surface area contributed by atoms with Gasteiger partial charge >= 0.3 is 17.9 Å². The van der Waals surface area contributed by atoms with Gasteiger partial charge in [0.15, 0.2) is 5.78 Å². The summed E-state index contributed by atoms with van der Waals surface area (Å²) in [7, 11) is 0. The number of ketones is 3. The van der Waals surface area contributed by atoms with Gasteiger partial charge in [-0.2, -0.15) is 0 Å². The van der Waals surface area contributed by atoms with E-state index in [1.54, 1.807) is 0 Å². The van der Waals surface area contributed by atoms with Crippen molar-refractivity contribution < 1.29 is 48.8 Å². The van der Waals surface area contributed by atoms with E-state index in [0.717, 1.165) is 0 Å². The van der Waals surface area contributed by atoms with Crippen LogP contribution in [0, 0.1) is 0 Å². The van der Waals surface area contributed by atoms with E-state index in [1.807, 2.05) is 0 Å². The highest BCUT2D eigenvalue weighted by Gasteiger charge is 2.49. The van der Waals surface area contributed by atoms with E-state index in [1.165, 1.54) is 20.8 Å². The third-order valence-corrected chi connectivity index (χ3v) is 3.96. The molecule has 0 saturated carbocycles. The number of halogens is 2. The molecular formula is C17H24I2O10. The van der Waals surface area contributed by atoms with Gasteiger partial charge in [-0.3, -0.25) is 19.2 Å². The molecule has 0 aromatic carbocycles. The Kier molecular flexibility index (Phi) is 14.5. The average Bonchev–Trinajstić information content (AvgIpc) is 2.96. The van der Waals surface area contributed by atoms with Crippen molar-refractivity contribution in [2.24, 2.45) is 0 Å². The average molecular weight is 642 g/mol. The first-order valence-electron chi connectivity index (χ1n) is 8.28. The van der Waals surface area contributed by atoms with Gasteiger partial charge in [-0.15, -0.1) is 0 Å². The number of Topliss-reactive ketones (excluding diaryl/α,β-unsaturated/α-hetero) is 3. The lowest BCUT2D eigenvalue weighted by atomic mass is 9.88. The Morgan fingerprint density at radius 3 is 1.86 bits per heavy atom. The summed E-state index contributed by atoms with van der Waals surface area (Å²) in [6.07, 6.45) is -0.878. The van der Waals surface area contributed by atoms with E-state index >= 15 is 0 Å². The highest BCUT2D eigenvalue weighted by molar-refractivity contribution is 15.0. The van der Waals surface area contributed by atoms with Crippen molar-refractivity contribution in [1.29, 1.82) is 0 Å². The summed E-state index contributed by atoms with van der Waals surface area (Å²) in [6.45, 7) is 3.92. The van der Waals surface area contributed by atoms with Crippen LogP contribution in [0.3, 0.4) is 0 Å². The van der Waals surface area contributed by atoms with Crippen LogP contribution in [0.5, 0.6) is 0 Å². The quantitative estimate of drug-likeness (QED) is 0.250. The number of esters is 1. The van der Waals surface area contributed by atoms with Crippen LogP contribution in [-0.4, -0.2) is 61.8 Å². The smallest absolute Gasteiger partial charge is 0.348 e. The summed E-state index contributed by atoms with van der Waals surface area (Å²) in [5.41, 5.74) is -3.50. The minimum atomic E-state index is -1.84. The number of aliphatic carboxylic acids is 2. The van der Waals surface area contributed by atoms with Gasteiger partial charge in [-0.25, -0.2) is 4.79 Å². The predicted octanol–water partition coefficient (Wildman–Crippen LogP) is 2.05. The number of carbonyl (C=O) groups excluding carboxylic acids is 4. The molecule has 1 rings (SSSR count). The first-order chi connectivity index (χ1) is 13.2.